The van der Waals surface area contributed by atoms with Crippen molar-refractivity contribution in [2.24, 2.45) is 0 Å². The van der Waals surface area contributed by atoms with E-state index in [2.05, 4.69) is 0 Å². The van der Waals surface area contributed by atoms with Gasteiger partial charge in [-0.05, 0) is 80.9 Å². The van der Waals surface area contributed by atoms with Crippen LogP contribution in [0.25, 0.3) is 11.8 Å². The third kappa shape index (κ3) is 4.16. The maximum Gasteiger partial charge on any atom is 0.343 e. The average molecular weight is 516 g/mol. The number of hydrogen-bond acceptors (Lipinski definition) is 4. The van der Waals surface area contributed by atoms with E-state index in [4.69, 9.17) is 39.5 Å². The second-order valence-corrected chi connectivity index (χ2v) is 9.13. The monoisotopic (exact) mass is 514 g/mol. The summed E-state index contributed by atoms with van der Waals surface area (Å²) in [5, 5.41) is 1.50. The van der Waals surface area contributed by atoms with Crippen molar-refractivity contribution in [2.75, 3.05) is 12.0 Å². The number of hydrogen-bond donors (Lipinski definition) is 0. The summed E-state index contributed by atoms with van der Waals surface area (Å²) in [6.45, 7) is 5.64. The summed E-state index contributed by atoms with van der Waals surface area (Å²) < 4.78 is 6.91. The van der Waals surface area contributed by atoms with Crippen molar-refractivity contribution in [3.63, 3.8) is 0 Å². The molecule has 1 aliphatic rings. The third-order valence-corrected chi connectivity index (χ3v) is 6.79. The van der Waals surface area contributed by atoms with Crippen LogP contribution in [0.2, 0.25) is 15.1 Å². The van der Waals surface area contributed by atoms with Crippen molar-refractivity contribution in [3.05, 3.63) is 97.5 Å². The van der Waals surface area contributed by atoms with Gasteiger partial charge in [0, 0.05) is 33.5 Å². The minimum atomic E-state index is -0.675. The lowest BCUT2D eigenvalue weighted by atomic mass is 10.1. The molecule has 0 amide bonds. The molecule has 34 heavy (non-hydrogen) atoms. The zero-order valence-electron chi connectivity index (χ0n) is 18.9. The van der Waals surface area contributed by atoms with Crippen molar-refractivity contribution in [2.45, 2.75) is 20.8 Å². The molecule has 0 unspecified atom stereocenters. The molecular formula is C26H21Cl3N2O3. The van der Waals surface area contributed by atoms with Gasteiger partial charge in [-0.2, -0.15) is 0 Å². The first-order valence-electron chi connectivity index (χ1n) is 10.4. The molecule has 0 atom stereocenters. The zero-order valence-corrected chi connectivity index (χ0v) is 21.2. The van der Waals surface area contributed by atoms with E-state index in [9.17, 15) is 9.59 Å². The van der Waals surface area contributed by atoms with Gasteiger partial charge >= 0.3 is 5.97 Å². The maximum absolute atomic E-state index is 13.4. The number of aromatic nitrogens is 1. The highest BCUT2D eigenvalue weighted by Crippen LogP contribution is 2.37. The Kier molecular flexibility index (Phi) is 6.63. The molecule has 1 aliphatic heterocycles. The van der Waals surface area contributed by atoms with Crippen LogP contribution in [0.3, 0.4) is 0 Å². The summed E-state index contributed by atoms with van der Waals surface area (Å²) in [6.07, 6.45) is 1.78. The van der Waals surface area contributed by atoms with Gasteiger partial charge in [-0.25, -0.2) is 4.79 Å². The van der Waals surface area contributed by atoms with Gasteiger partial charge in [-0.3, -0.25) is 4.79 Å². The Morgan fingerprint density at radius 2 is 1.56 bits per heavy atom. The normalized spacial score (nSPS) is 15.0. The van der Waals surface area contributed by atoms with Crippen LogP contribution in [0.15, 0.2) is 65.5 Å². The molecule has 0 saturated heterocycles. The average Bonchev–Trinajstić information content (AvgIpc) is 3.22. The number of nitrogens with zero attached hydrogens (tertiary/aromatic N) is 2. The standard InChI is InChI=1S/C26H21Cl3N2O3/c1-14-11-17(15(2)30(14)20-9-10-21(28)22(29)13-20)12-23-25(32)24(26(33)34-4)16(3)31(23)19-7-5-18(27)6-8-19/h5-13H,1-4H3/b23-12-. The summed E-state index contributed by atoms with van der Waals surface area (Å²) in [5.41, 5.74) is 5.07. The number of ketones is 1. The fraction of sp³-hybridized carbons (Fsp3) is 0.154. The lowest BCUT2D eigenvalue weighted by molar-refractivity contribution is -0.137. The Balaban J connectivity index is 1.87. The first-order chi connectivity index (χ1) is 16.1. The molecule has 174 valence electrons. The van der Waals surface area contributed by atoms with Crippen molar-refractivity contribution in [1.82, 2.24) is 4.57 Å². The predicted octanol–water partition coefficient (Wildman–Crippen LogP) is 6.93. The Labute approximate surface area is 212 Å². The molecule has 4 rings (SSSR count). The van der Waals surface area contributed by atoms with Gasteiger partial charge in [0.05, 0.1) is 22.9 Å². The number of aryl methyl sites for hydroxylation is 1. The van der Waals surface area contributed by atoms with E-state index in [1.807, 2.05) is 30.5 Å². The second kappa shape index (κ2) is 9.34. The smallest absolute Gasteiger partial charge is 0.343 e. The van der Waals surface area contributed by atoms with Crippen LogP contribution >= 0.6 is 34.8 Å². The van der Waals surface area contributed by atoms with Crippen LogP contribution in [-0.2, 0) is 14.3 Å². The van der Waals surface area contributed by atoms with Crippen molar-refractivity contribution in [1.29, 1.82) is 0 Å². The van der Waals surface area contributed by atoms with E-state index >= 15 is 0 Å². The Hall–Kier alpha value is -2.99. The molecule has 0 spiro atoms. The Bertz CT molecular complexity index is 1390. The highest BCUT2D eigenvalue weighted by atomic mass is 35.5. The van der Waals surface area contributed by atoms with Gasteiger partial charge in [0.2, 0.25) is 5.78 Å². The van der Waals surface area contributed by atoms with Gasteiger partial charge < -0.3 is 14.2 Å². The number of carbonyl (C=O) groups excluding carboxylic acids is 2. The van der Waals surface area contributed by atoms with Gasteiger partial charge in [-0.15, -0.1) is 0 Å². The predicted molar refractivity (Wildman–Crippen MR) is 137 cm³/mol. The lowest BCUT2D eigenvalue weighted by Gasteiger charge is -2.21. The summed E-state index contributed by atoms with van der Waals surface area (Å²) >= 11 is 18.4. The Morgan fingerprint density at radius 1 is 0.912 bits per heavy atom. The number of carbonyl (C=O) groups is 2. The fourth-order valence-corrected chi connectivity index (χ4v) is 4.60. The number of methoxy groups -OCH3 is 1. The molecule has 5 nitrogen and oxygen atoms in total. The number of anilines is 1. The molecule has 0 aliphatic carbocycles. The molecule has 2 aromatic carbocycles. The maximum atomic E-state index is 13.4. The van der Waals surface area contributed by atoms with Crippen LogP contribution in [0.4, 0.5) is 5.69 Å². The topological polar surface area (TPSA) is 51.5 Å². The number of ether oxygens (including phenoxy) is 1. The van der Waals surface area contributed by atoms with Gasteiger partial charge in [0.25, 0.3) is 0 Å². The van der Waals surface area contributed by atoms with Crippen molar-refractivity contribution < 1.29 is 14.3 Å². The number of allylic oxidation sites excluding steroid dienone is 2. The van der Waals surface area contributed by atoms with E-state index < -0.39 is 11.8 Å². The van der Waals surface area contributed by atoms with Crippen LogP contribution in [-0.4, -0.2) is 23.4 Å². The van der Waals surface area contributed by atoms with Gasteiger partial charge in [-0.1, -0.05) is 34.8 Å². The van der Waals surface area contributed by atoms with Gasteiger partial charge in [0.15, 0.2) is 0 Å². The van der Waals surface area contributed by atoms with Crippen LogP contribution in [0, 0.1) is 13.8 Å². The van der Waals surface area contributed by atoms with E-state index in [1.54, 1.807) is 54.3 Å². The second-order valence-electron chi connectivity index (χ2n) is 7.88. The molecular weight excluding hydrogens is 495 g/mol. The largest absolute Gasteiger partial charge is 0.465 e. The number of benzene rings is 2. The first-order valence-corrected chi connectivity index (χ1v) is 11.5. The molecule has 0 radical (unpaired) electrons. The number of esters is 1. The van der Waals surface area contributed by atoms with Crippen LogP contribution < -0.4 is 4.90 Å². The summed E-state index contributed by atoms with van der Waals surface area (Å²) in [4.78, 5) is 27.6. The van der Waals surface area contributed by atoms with E-state index in [1.165, 1.54) is 7.11 Å². The SMILES string of the molecule is COC(=O)C1=C(C)N(c2ccc(Cl)cc2)/C(=C\c2cc(C)n(-c3ccc(Cl)c(Cl)c3)c2C)C1=O. The summed E-state index contributed by atoms with van der Waals surface area (Å²) in [6, 6.07) is 14.5. The minimum Gasteiger partial charge on any atom is -0.465 e. The fourth-order valence-electron chi connectivity index (χ4n) is 4.18. The number of rotatable bonds is 4. The number of Topliss-reactive ketones (excluding diaryl/α,β-unsaturated/α-hetero) is 1. The molecule has 8 heteroatoms. The molecule has 3 aromatic rings. The van der Waals surface area contributed by atoms with E-state index in [0.717, 1.165) is 22.6 Å². The Morgan fingerprint density at radius 3 is 2.18 bits per heavy atom. The summed E-state index contributed by atoms with van der Waals surface area (Å²) in [7, 11) is 1.26. The molecule has 0 fully saturated rings. The van der Waals surface area contributed by atoms with Crippen LogP contribution in [0.5, 0.6) is 0 Å². The van der Waals surface area contributed by atoms with Crippen molar-refractivity contribution in [3.8, 4) is 5.69 Å². The third-order valence-electron chi connectivity index (χ3n) is 5.80. The molecule has 2 heterocycles. The molecule has 0 saturated carbocycles. The van der Waals surface area contributed by atoms with E-state index in [-0.39, 0.29) is 5.57 Å². The molecule has 0 bridgehead atoms. The molecule has 0 N–H and O–H groups in total. The zero-order chi connectivity index (χ0) is 24.7. The minimum absolute atomic E-state index is 0.00184. The highest BCUT2D eigenvalue weighted by molar-refractivity contribution is 6.42. The summed E-state index contributed by atoms with van der Waals surface area (Å²) in [5.74, 6) is -1.08. The highest BCUT2D eigenvalue weighted by Gasteiger charge is 2.38. The lowest BCUT2D eigenvalue weighted by Crippen LogP contribution is -2.18. The molecule has 1 aromatic heterocycles. The van der Waals surface area contributed by atoms with Crippen molar-refractivity contribution >= 4 is 58.3 Å². The quantitative estimate of drug-likeness (QED) is 0.215. The van der Waals surface area contributed by atoms with Crippen LogP contribution in [0.1, 0.15) is 23.9 Å². The van der Waals surface area contributed by atoms with Gasteiger partial charge in [0.1, 0.15) is 5.57 Å². The first kappa shape index (κ1) is 24.1. The number of halogens is 3. The van der Waals surface area contributed by atoms with E-state index in [0.29, 0.717) is 32.1 Å².